The van der Waals surface area contributed by atoms with Gasteiger partial charge in [-0.1, -0.05) is 0 Å². The number of nitrogen functional groups attached to an aromatic ring is 1. The van der Waals surface area contributed by atoms with Gasteiger partial charge in [-0.25, -0.2) is 13.1 Å². The summed E-state index contributed by atoms with van der Waals surface area (Å²) in [5.41, 5.74) is 5.14. The number of nitrogens with zero attached hydrogens (tertiary/aromatic N) is 1. The first-order valence-corrected chi connectivity index (χ1v) is 8.00. The van der Waals surface area contributed by atoms with Gasteiger partial charge in [0.1, 0.15) is 0 Å². The molecule has 1 aliphatic carbocycles. The van der Waals surface area contributed by atoms with Crippen molar-refractivity contribution in [2.75, 3.05) is 25.5 Å². The summed E-state index contributed by atoms with van der Waals surface area (Å²) in [4.78, 5) is 9.70. The summed E-state index contributed by atoms with van der Waals surface area (Å²) in [6.07, 6.45) is 2.31. The van der Waals surface area contributed by atoms with E-state index in [4.69, 9.17) is 10.5 Å². The molecule has 0 unspecified atom stereocenters. The minimum absolute atomic E-state index is 0.0566. The molecule has 0 radical (unpaired) electrons. The molecule has 0 spiro atoms. The highest BCUT2D eigenvalue weighted by Crippen LogP contribution is 2.28. The Morgan fingerprint density at radius 3 is 2.76 bits per heavy atom. The Kier molecular flexibility index (Phi) is 4.76. The van der Waals surface area contributed by atoms with Crippen LogP contribution in [0.3, 0.4) is 0 Å². The SMILES string of the molecule is Nc1ccc([N+](=O)[O-])c(S(=O)(=O)NCCOCC2CC2)c1. The predicted molar refractivity (Wildman–Crippen MR) is 76.2 cm³/mol. The first-order valence-electron chi connectivity index (χ1n) is 6.51. The van der Waals surface area contributed by atoms with Crippen molar-refractivity contribution in [3.8, 4) is 0 Å². The number of hydrogen-bond acceptors (Lipinski definition) is 6. The van der Waals surface area contributed by atoms with E-state index in [2.05, 4.69) is 4.72 Å². The maximum atomic E-state index is 12.1. The number of rotatable bonds is 8. The van der Waals surface area contributed by atoms with Gasteiger partial charge in [-0.2, -0.15) is 0 Å². The van der Waals surface area contributed by atoms with E-state index in [1.165, 1.54) is 6.07 Å². The average molecular weight is 315 g/mol. The number of benzene rings is 1. The van der Waals surface area contributed by atoms with Gasteiger partial charge in [-0.05, 0) is 30.9 Å². The smallest absolute Gasteiger partial charge is 0.289 e. The zero-order valence-corrected chi connectivity index (χ0v) is 12.1. The van der Waals surface area contributed by atoms with Crippen molar-refractivity contribution in [3.63, 3.8) is 0 Å². The summed E-state index contributed by atoms with van der Waals surface area (Å²) in [5, 5.41) is 10.9. The van der Waals surface area contributed by atoms with Gasteiger partial charge in [0.25, 0.3) is 5.69 Å². The molecule has 116 valence electrons. The quantitative estimate of drug-likeness (QED) is 0.317. The third-order valence-corrected chi connectivity index (χ3v) is 4.55. The van der Waals surface area contributed by atoms with Gasteiger partial charge in [0.15, 0.2) is 4.90 Å². The van der Waals surface area contributed by atoms with E-state index >= 15 is 0 Å². The molecule has 0 atom stereocenters. The molecule has 1 aromatic carbocycles. The number of hydrogen-bond donors (Lipinski definition) is 2. The van der Waals surface area contributed by atoms with Crippen LogP contribution in [-0.2, 0) is 14.8 Å². The zero-order valence-electron chi connectivity index (χ0n) is 11.3. The van der Waals surface area contributed by atoms with Crippen molar-refractivity contribution in [2.45, 2.75) is 17.7 Å². The van der Waals surface area contributed by atoms with Gasteiger partial charge in [0.05, 0.1) is 11.5 Å². The molecule has 2 rings (SSSR count). The molecule has 0 amide bonds. The standard InChI is InChI=1S/C12H17N3O5S/c13-10-3-4-11(15(16)17)12(7-10)21(18,19)14-5-6-20-8-9-1-2-9/h3-4,7,9,14H,1-2,5-6,8,13H2. The summed E-state index contributed by atoms with van der Waals surface area (Å²) >= 11 is 0. The predicted octanol–water partition coefficient (Wildman–Crippen LogP) is 0.882. The molecule has 0 bridgehead atoms. The molecule has 9 heteroatoms. The number of nitro groups is 1. The van der Waals surface area contributed by atoms with E-state index in [-0.39, 0.29) is 18.8 Å². The Morgan fingerprint density at radius 1 is 1.43 bits per heavy atom. The molecule has 0 heterocycles. The molecule has 21 heavy (non-hydrogen) atoms. The van der Waals surface area contributed by atoms with E-state index in [9.17, 15) is 18.5 Å². The Balaban J connectivity index is 2.00. The van der Waals surface area contributed by atoms with Crippen molar-refractivity contribution in [1.29, 1.82) is 0 Å². The molecular formula is C12H17N3O5S. The van der Waals surface area contributed by atoms with Crippen molar-refractivity contribution >= 4 is 21.4 Å². The van der Waals surface area contributed by atoms with E-state index < -0.39 is 25.5 Å². The fourth-order valence-electron chi connectivity index (χ4n) is 1.76. The number of nitro benzene ring substituents is 1. The number of nitrogens with two attached hydrogens (primary N) is 1. The minimum atomic E-state index is -4.00. The van der Waals surface area contributed by atoms with Crippen LogP contribution >= 0.6 is 0 Å². The fraction of sp³-hybridized carbons (Fsp3) is 0.500. The lowest BCUT2D eigenvalue weighted by atomic mass is 10.3. The van der Waals surface area contributed by atoms with Crippen LogP contribution in [-0.4, -0.2) is 33.1 Å². The van der Waals surface area contributed by atoms with E-state index in [0.717, 1.165) is 25.0 Å². The number of sulfonamides is 1. The fourth-order valence-corrected chi connectivity index (χ4v) is 2.97. The Hall–Kier alpha value is -1.71. The van der Waals surface area contributed by atoms with Gasteiger partial charge < -0.3 is 10.5 Å². The lowest BCUT2D eigenvalue weighted by Crippen LogP contribution is -2.28. The summed E-state index contributed by atoms with van der Waals surface area (Å²) in [7, 11) is -4.00. The van der Waals surface area contributed by atoms with Crippen LogP contribution < -0.4 is 10.5 Å². The molecule has 1 aromatic rings. The summed E-state index contributed by atoms with van der Waals surface area (Å²) < 4.78 is 31.8. The average Bonchev–Trinajstić information content (AvgIpc) is 3.22. The molecule has 8 nitrogen and oxygen atoms in total. The van der Waals surface area contributed by atoms with Gasteiger partial charge in [-0.15, -0.1) is 0 Å². The first kappa shape index (κ1) is 15.7. The van der Waals surface area contributed by atoms with Gasteiger partial charge >= 0.3 is 0 Å². The minimum Gasteiger partial charge on any atom is -0.399 e. The largest absolute Gasteiger partial charge is 0.399 e. The van der Waals surface area contributed by atoms with Crippen LogP contribution in [0.1, 0.15) is 12.8 Å². The third-order valence-electron chi connectivity index (χ3n) is 3.06. The maximum absolute atomic E-state index is 12.1. The molecule has 0 aromatic heterocycles. The van der Waals surface area contributed by atoms with Crippen molar-refractivity contribution in [3.05, 3.63) is 28.3 Å². The van der Waals surface area contributed by atoms with Crippen molar-refractivity contribution in [1.82, 2.24) is 4.72 Å². The monoisotopic (exact) mass is 315 g/mol. The van der Waals surface area contributed by atoms with Gasteiger partial charge in [0, 0.05) is 24.9 Å². The number of anilines is 1. The normalized spacial score (nSPS) is 15.0. The first-order chi connectivity index (χ1) is 9.90. The Bertz CT molecular complexity index is 628. The lowest BCUT2D eigenvalue weighted by molar-refractivity contribution is -0.387. The molecule has 0 saturated heterocycles. The third kappa shape index (κ3) is 4.38. The highest BCUT2D eigenvalue weighted by Gasteiger charge is 2.26. The topological polar surface area (TPSA) is 125 Å². The molecule has 1 fully saturated rings. The van der Waals surface area contributed by atoms with E-state index in [1.54, 1.807) is 0 Å². The van der Waals surface area contributed by atoms with E-state index in [0.29, 0.717) is 12.5 Å². The van der Waals surface area contributed by atoms with Gasteiger partial charge in [-0.3, -0.25) is 10.1 Å². The van der Waals surface area contributed by atoms with Crippen molar-refractivity contribution < 1.29 is 18.1 Å². The van der Waals surface area contributed by atoms with E-state index in [1.807, 2.05) is 0 Å². The van der Waals surface area contributed by atoms with Crippen molar-refractivity contribution in [2.24, 2.45) is 5.92 Å². The molecule has 0 aliphatic heterocycles. The second-order valence-corrected chi connectivity index (χ2v) is 6.64. The van der Waals surface area contributed by atoms with Crippen LogP contribution in [0.25, 0.3) is 0 Å². The molecule has 3 N–H and O–H groups in total. The maximum Gasteiger partial charge on any atom is 0.289 e. The Morgan fingerprint density at radius 2 is 2.14 bits per heavy atom. The van der Waals surface area contributed by atoms with Crippen LogP contribution in [0.4, 0.5) is 11.4 Å². The summed E-state index contributed by atoms with van der Waals surface area (Å²) in [6, 6.07) is 3.44. The summed E-state index contributed by atoms with van der Waals surface area (Å²) in [5.74, 6) is 0.594. The molecule has 1 aliphatic rings. The lowest BCUT2D eigenvalue weighted by Gasteiger charge is -2.08. The number of nitrogens with one attached hydrogen (secondary N) is 1. The highest BCUT2D eigenvalue weighted by atomic mass is 32.2. The second kappa shape index (κ2) is 6.37. The van der Waals surface area contributed by atoms with Crippen LogP contribution in [0, 0.1) is 16.0 Å². The zero-order chi connectivity index (χ0) is 15.5. The summed E-state index contributed by atoms with van der Waals surface area (Å²) in [6.45, 7) is 0.910. The molecule has 1 saturated carbocycles. The Labute approximate surface area is 122 Å². The number of ether oxygens (including phenoxy) is 1. The molecular weight excluding hydrogens is 298 g/mol. The van der Waals surface area contributed by atoms with Crippen LogP contribution in [0.2, 0.25) is 0 Å². The van der Waals surface area contributed by atoms with Gasteiger partial charge in [0.2, 0.25) is 10.0 Å². The van der Waals surface area contributed by atoms with Crippen LogP contribution in [0.5, 0.6) is 0 Å². The highest BCUT2D eigenvalue weighted by molar-refractivity contribution is 7.89. The van der Waals surface area contributed by atoms with Crippen LogP contribution in [0.15, 0.2) is 23.1 Å². The second-order valence-electron chi connectivity index (χ2n) is 4.90.